The predicted molar refractivity (Wildman–Crippen MR) is 110 cm³/mol. The van der Waals surface area contributed by atoms with Crippen LogP contribution >= 0.6 is 27.7 Å². The van der Waals surface area contributed by atoms with Crippen molar-refractivity contribution in [3.8, 4) is 5.75 Å². The van der Waals surface area contributed by atoms with Crippen LogP contribution in [0.15, 0.2) is 63.1 Å². The van der Waals surface area contributed by atoms with E-state index in [1.54, 1.807) is 24.4 Å². The van der Waals surface area contributed by atoms with Crippen molar-refractivity contribution in [2.75, 3.05) is 5.84 Å². The first-order valence-electron chi connectivity index (χ1n) is 8.38. The molecule has 4 aromatic rings. The maximum Gasteiger partial charge on any atom is 0.258 e. The van der Waals surface area contributed by atoms with E-state index < -0.39 is 5.82 Å². The minimum atomic E-state index is -0.467. The molecule has 8 nitrogen and oxygen atoms in total. The van der Waals surface area contributed by atoms with Gasteiger partial charge in [-0.25, -0.2) is 14.1 Å². The number of hydrogen-bond donors (Lipinski definition) is 1. The minimum absolute atomic E-state index is 0.0323. The molecule has 0 fully saturated rings. The van der Waals surface area contributed by atoms with Crippen molar-refractivity contribution >= 4 is 33.3 Å². The molecule has 0 atom stereocenters. The summed E-state index contributed by atoms with van der Waals surface area (Å²) in [4.78, 5) is 16.7. The van der Waals surface area contributed by atoms with Crippen molar-refractivity contribution < 1.29 is 9.13 Å². The van der Waals surface area contributed by atoms with E-state index in [4.69, 9.17) is 10.6 Å². The number of thioether (sulfide) groups is 1. The average molecular weight is 477 g/mol. The highest BCUT2D eigenvalue weighted by Gasteiger charge is 2.13. The van der Waals surface area contributed by atoms with Crippen LogP contribution in [0.25, 0.3) is 5.65 Å². The Labute approximate surface area is 176 Å². The summed E-state index contributed by atoms with van der Waals surface area (Å²) >= 11 is 4.61. The summed E-state index contributed by atoms with van der Waals surface area (Å²) in [7, 11) is 0. The molecular weight excluding hydrogens is 463 g/mol. The lowest BCUT2D eigenvalue weighted by atomic mass is 10.3. The molecule has 3 heterocycles. The predicted octanol–water partition coefficient (Wildman–Crippen LogP) is 2.77. The number of benzene rings is 1. The van der Waals surface area contributed by atoms with E-state index in [-0.39, 0.29) is 17.9 Å². The van der Waals surface area contributed by atoms with Crippen molar-refractivity contribution in [2.45, 2.75) is 17.5 Å². The molecule has 29 heavy (non-hydrogen) atoms. The first-order valence-corrected chi connectivity index (χ1v) is 10.2. The second-order valence-corrected chi connectivity index (χ2v) is 7.80. The second kappa shape index (κ2) is 8.21. The Kier molecular flexibility index (Phi) is 5.49. The summed E-state index contributed by atoms with van der Waals surface area (Å²) in [6.45, 7) is -0.0323. The van der Waals surface area contributed by atoms with E-state index in [1.807, 2.05) is 6.07 Å². The largest absolute Gasteiger partial charge is 0.482 e. The third-order valence-electron chi connectivity index (χ3n) is 3.95. The van der Waals surface area contributed by atoms with Gasteiger partial charge in [-0.3, -0.25) is 9.20 Å². The Bertz CT molecular complexity index is 1240. The number of aromatic nitrogens is 5. The fourth-order valence-electron chi connectivity index (χ4n) is 2.55. The van der Waals surface area contributed by atoms with Gasteiger partial charge in [-0.1, -0.05) is 23.9 Å². The summed E-state index contributed by atoms with van der Waals surface area (Å²) in [5, 5.41) is 8.43. The van der Waals surface area contributed by atoms with Gasteiger partial charge in [0.25, 0.3) is 5.56 Å². The summed E-state index contributed by atoms with van der Waals surface area (Å²) in [6, 6.07) is 11.1. The van der Waals surface area contributed by atoms with Gasteiger partial charge in [-0.05, 0) is 40.2 Å². The summed E-state index contributed by atoms with van der Waals surface area (Å²) in [5.41, 5.74) is 0.957. The summed E-state index contributed by atoms with van der Waals surface area (Å²) in [5.74, 6) is 6.37. The fourth-order valence-corrected chi connectivity index (χ4v) is 3.65. The Balaban J connectivity index is 1.45. The molecule has 0 amide bonds. The van der Waals surface area contributed by atoms with Gasteiger partial charge in [0.15, 0.2) is 17.4 Å². The molecule has 0 aliphatic carbocycles. The Morgan fingerprint density at radius 3 is 2.86 bits per heavy atom. The van der Waals surface area contributed by atoms with Gasteiger partial charge in [0.2, 0.25) is 5.16 Å². The maximum atomic E-state index is 13.6. The lowest BCUT2D eigenvalue weighted by molar-refractivity contribution is 0.277. The molecule has 11 heteroatoms. The first-order chi connectivity index (χ1) is 14.0. The van der Waals surface area contributed by atoms with Crippen LogP contribution in [-0.4, -0.2) is 24.3 Å². The molecule has 3 aromatic heterocycles. The van der Waals surface area contributed by atoms with Crippen molar-refractivity contribution in [1.82, 2.24) is 24.3 Å². The molecule has 148 valence electrons. The molecule has 1 aromatic carbocycles. The molecule has 0 unspecified atom stereocenters. The Hall–Kier alpha value is -2.92. The molecule has 2 N–H and O–H groups in total. The zero-order chi connectivity index (χ0) is 20.4. The van der Waals surface area contributed by atoms with Crippen LogP contribution in [0.2, 0.25) is 0 Å². The monoisotopic (exact) mass is 476 g/mol. The zero-order valence-electron chi connectivity index (χ0n) is 14.8. The van der Waals surface area contributed by atoms with Gasteiger partial charge < -0.3 is 10.6 Å². The number of fused-ring (bicyclic) bond motifs is 1. The summed E-state index contributed by atoms with van der Waals surface area (Å²) < 4.78 is 22.6. The standard InChI is InChI=1S/C18H14BrFN6O2S/c19-11-5-6-15-22-12(7-17(27)25(15)8-11)10-29-18-24-23-16(26(18)21)9-28-14-4-2-1-3-13(14)20/h1-8H,9-10,21H2. The first kappa shape index (κ1) is 19.4. The maximum absolute atomic E-state index is 13.6. The normalized spacial score (nSPS) is 11.1. The molecule has 0 radical (unpaired) electrons. The van der Waals surface area contributed by atoms with Gasteiger partial charge in [-0.15, -0.1) is 10.2 Å². The van der Waals surface area contributed by atoms with Gasteiger partial charge in [-0.2, -0.15) is 0 Å². The van der Waals surface area contributed by atoms with Crippen LogP contribution in [0.3, 0.4) is 0 Å². The van der Waals surface area contributed by atoms with Crippen LogP contribution in [0.5, 0.6) is 5.75 Å². The van der Waals surface area contributed by atoms with Gasteiger partial charge in [0.05, 0.1) is 5.69 Å². The number of hydrogen-bond acceptors (Lipinski definition) is 7. The highest BCUT2D eigenvalue weighted by molar-refractivity contribution is 9.10. The lowest BCUT2D eigenvalue weighted by Gasteiger charge is -2.07. The molecular formula is C18H14BrFN6O2S. The van der Waals surface area contributed by atoms with Crippen LogP contribution in [0.4, 0.5) is 4.39 Å². The van der Waals surface area contributed by atoms with Gasteiger partial charge >= 0.3 is 0 Å². The van der Waals surface area contributed by atoms with E-state index in [0.29, 0.717) is 28.1 Å². The van der Waals surface area contributed by atoms with E-state index in [9.17, 15) is 9.18 Å². The second-order valence-electron chi connectivity index (χ2n) is 5.94. The number of pyridine rings is 1. The number of ether oxygens (including phenoxy) is 1. The van der Waals surface area contributed by atoms with Crippen LogP contribution in [0, 0.1) is 5.82 Å². The van der Waals surface area contributed by atoms with E-state index in [1.165, 1.54) is 39.0 Å². The Morgan fingerprint density at radius 2 is 2.03 bits per heavy atom. The SMILES string of the molecule is Nn1c(COc2ccccc2F)nnc1SCc1cc(=O)n2cc(Br)ccc2n1. The van der Waals surface area contributed by atoms with Crippen LogP contribution < -0.4 is 16.1 Å². The van der Waals surface area contributed by atoms with Crippen molar-refractivity contribution in [1.29, 1.82) is 0 Å². The molecule has 0 saturated heterocycles. The van der Waals surface area contributed by atoms with Crippen molar-refractivity contribution in [3.05, 3.63) is 80.8 Å². The van der Waals surface area contributed by atoms with E-state index >= 15 is 0 Å². The van der Waals surface area contributed by atoms with E-state index in [2.05, 4.69) is 31.1 Å². The third-order valence-corrected chi connectivity index (χ3v) is 5.40. The van der Waals surface area contributed by atoms with Crippen molar-refractivity contribution in [3.63, 3.8) is 0 Å². The highest BCUT2D eigenvalue weighted by Crippen LogP contribution is 2.21. The lowest BCUT2D eigenvalue weighted by Crippen LogP contribution is -2.16. The van der Waals surface area contributed by atoms with Gasteiger partial charge in [0, 0.05) is 22.5 Å². The molecule has 0 spiro atoms. The number of rotatable bonds is 6. The quantitative estimate of drug-likeness (QED) is 0.337. The van der Waals surface area contributed by atoms with Crippen LogP contribution in [-0.2, 0) is 12.4 Å². The number of para-hydroxylation sites is 1. The van der Waals surface area contributed by atoms with E-state index in [0.717, 1.165) is 4.47 Å². The van der Waals surface area contributed by atoms with Crippen molar-refractivity contribution in [2.24, 2.45) is 0 Å². The molecule has 0 saturated carbocycles. The molecule has 0 aliphatic heterocycles. The molecule has 4 rings (SSSR count). The summed E-state index contributed by atoms with van der Waals surface area (Å²) in [6.07, 6.45) is 1.67. The number of nitrogens with zero attached hydrogens (tertiary/aromatic N) is 5. The topological polar surface area (TPSA) is 100 Å². The van der Waals surface area contributed by atoms with Gasteiger partial charge in [0.1, 0.15) is 12.3 Å². The average Bonchev–Trinajstić information content (AvgIpc) is 3.06. The fraction of sp³-hybridized carbons (Fsp3) is 0.111. The minimum Gasteiger partial charge on any atom is -0.482 e. The number of nitrogens with two attached hydrogens (primary N) is 1. The van der Waals surface area contributed by atoms with Crippen LogP contribution in [0.1, 0.15) is 11.5 Å². The Morgan fingerprint density at radius 1 is 1.21 bits per heavy atom. The smallest absolute Gasteiger partial charge is 0.258 e. The number of halogens is 2. The zero-order valence-corrected chi connectivity index (χ0v) is 17.2. The third kappa shape index (κ3) is 4.25. The number of nitrogen functional groups attached to an aromatic ring is 1. The highest BCUT2D eigenvalue weighted by atomic mass is 79.9. The molecule has 0 bridgehead atoms. The molecule has 0 aliphatic rings.